The van der Waals surface area contributed by atoms with E-state index in [2.05, 4.69) is 31.1 Å². The number of hydrogen-bond acceptors (Lipinski definition) is 6. The second-order valence-corrected chi connectivity index (χ2v) is 11.3. The molecule has 0 fully saturated rings. The van der Waals surface area contributed by atoms with Crippen LogP contribution in [-0.4, -0.2) is 42.3 Å². The van der Waals surface area contributed by atoms with Crippen LogP contribution in [0.4, 0.5) is 18.3 Å². The Bertz CT molecular complexity index is 1410. The third-order valence-electron chi connectivity index (χ3n) is 5.65. The molecule has 0 spiro atoms. The molecule has 11 heteroatoms. The molecule has 7 nitrogen and oxygen atoms in total. The molecule has 1 heterocycles. The summed E-state index contributed by atoms with van der Waals surface area (Å²) in [5.41, 5.74) is -0.317. The van der Waals surface area contributed by atoms with E-state index in [1.807, 2.05) is 0 Å². The summed E-state index contributed by atoms with van der Waals surface area (Å²) in [6.07, 6.45) is 1.92. The van der Waals surface area contributed by atoms with Crippen LogP contribution in [0.2, 0.25) is 0 Å². The van der Waals surface area contributed by atoms with Crippen molar-refractivity contribution in [3.8, 4) is 16.3 Å². The average Bonchev–Trinajstić information content (AvgIpc) is 3.28. The lowest BCUT2D eigenvalue weighted by atomic mass is 9.99. The first kappa shape index (κ1) is 30.8. The van der Waals surface area contributed by atoms with Gasteiger partial charge in [-0.15, -0.1) is 0 Å². The number of thiazole rings is 1. The Labute approximate surface area is 234 Å². The summed E-state index contributed by atoms with van der Waals surface area (Å²) in [5, 5.41) is 11.7. The number of amides is 1. The van der Waals surface area contributed by atoms with E-state index in [1.165, 1.54) is 14.0 Å². The normalized spacial score (nSPS) is 11.9. The average molecular weight is 577 g/mol. The SMILES string of the molecule is COc1sc(NC(=O)c2cc(F)c(C=C(C)C(=O)O)c(F)c2)nc1-c1cccc(CCCOCC(C)(C)C)c1F. The van der Waals surface area contributed by atoms with Gasteiger partial charge in [0.05, 0.1) is 13.7 Å². The number of aryl methyl sites for hydroxylation is 1. The molecular weight excluding hydrogens is 545 g/mol. The zero-order chi connectivity index (χ0) is 29.6. The third kappa shape index (κ3) is 7.92. The van der Waals surface area contributed by atoms with Crippen LogP contribution in [0.1, 0.15) is 55.6 Å². The molecule has 214 valence electrons. The first-order valence-corrected chi connectivity index (χ1v) is 13.2. The fourth-order valence-electron chi connectivity index (χ4n) is 3.67. The lowest BCUT2D eigenvalue weighted by Crippen LogP contribution is -2.15. The molecule has 0 aliphatic heterocycles. The molecule has 0 saturated heterocycles. The molecule has 0 saturated carbocycles. The highest BCUT2D eigenvalue weighted by Crippen LogP contribution is 2.39. The van der Waals surface area contributed by atoms with Gasteiger partial charge in [-0.25, -0.2) is 22.9 Å². The second kappa shape index (κ2) is 13.1. The fourth-order valence-corrected chi connectivity index (χ4v) is 4.46. The first-order chi connectivity index (χ1) is 18.8. The van der Waals surface area contributed by atoms with Crippen molar-refractivity contribution >= 4 is 34.4 Å². The van der Waals surface area contributed by atoms with Crippen molar-refractivity contribution in [2.24, 2.45) is 5.41 Å². The molecule has 0 atom stereocenters. The Morgan fingerprint density at radius 2 is 1.82 bits per heavy atom. The maximum Gasteiger partial charge on any atom is 0.331 e. The van der Waals surface area contributed by atoms with E-state index in [0.29, 0.717) is 31.6 Å². The standard InChI is InChI=1S/C29H31F3N2O5S/c1-16(26(36)37)12-20-21(30)13-18(14-22(20)31)25(35)34-28-33-24(27(38-5)40-28)19-10-6-8-17(23(19)32)9-7-11-39-15-29(2,3)4/h6,8,10,12-14H,7,9,11,15H2,1-5H3,(H,36,37)(H,33,34,35). The molecule has 3 rings (SSSR count). The van der Waals surface area contributed by atoms with Crippen molar-refractivity contribution in [3.05, 3.63) is 70.0 Å². The van der Waals surface area contributed by atoms with E-state index in [0.717, 1.165) is 29.5 Å². The molecule has 0 aliphatic rings. The predicted octanol–water partition coefficient (Wildman–Crippen LogP) is 6.97. The zero-order valence-electron chi connectivity index (χ0n) is 22.9. The maximum absolute atomic E-state index is 15.4. The Morgan fingerprint density at radius 1 is 1.15 bits per heavy atom. The molecular formula is C29H31F3N2O5S. The fraction of sp³-hybridized carbons (Fsp3) is 0.345. The van der Waals surface area contributed by atoms with E-state index >= 15 is 4.39 Å². The van der Waals surface area contributed by atoms with Crippen LogP contribution in [0.3, 0.4) is 0 Å². The van der Waals surface area contributed by atoms with Crippen LogP contribution in [0.5, 0.6) is 5.06 Å². The summed E-state index contributed by atoms with van der Waals surface area (Å²) < 4.78 is 55.5. The van der Waals surface area contributed by atoms with Gasteiger partial charge in [-0.3, -0.25) is 10.1 Å². The van der Waals surface area contributed by atoms with Crippen molar-refractivity contribution in [2.75, 3.05) is 25.6 Å². The number of anilines is 1. The largest absolute Gasteiger partial charge is 0.486 e. The number of carbonyl (C=O) groups excluding carboxylic acids is 1. The van der Waals surface area contributed by atoms with Crippen LogP contribution in [0.25, 0.3) is 17.3 Å². The van der Waals surface area contributed by atoms with Gasteiger partial charge in [0.25, 0.3) is 5.91 Å². The van der Waals surface area contributed by atoms with E-state index in [1.54, 1.807) is 18.2 Å². The monoisotopic (exact) mass is 576 g/mol. The maximum atomic E-state index is 15.4. The Balaban J connectivity index is 1.79. The summed E-state index contributed by atoms with van der Waals surface area (Å²) in [7, 11) is 1.38. The number of carboxylic acids is 1. The third-order valence-corrected chi connectivity index (χ3v) is 6.58. The van der Waals surface area contributed by atoms with Crippen molar-refractivity contribution in [1.29, 1.82) is 0 Å². The minimum absolute atomic E-state index is 0.0312. The topological polar surface area (TPSA) is 97.8 Å². The number of aromatic nitrogens is 1. The number of hydrogen-bond donors (Lipinski definition) is 2. The van der Waals surface area contributed by atoms with Crippen LogP contribution < -0.4 is 10.1 Å². The van der Waals surface area contributed by atoms with Crippen LogP contribution in [0.15, 0.2) is 35.9 Å². The highest BCUT2D eigenvalue weighted by molar-refractivity contribution is 7.18. The molecule has 40 heavy (non-hydrogen) atoms. The van der Waals surface area contributed by atoms with E-state index < -0.39 is 34.9 Å². The lowest BCUT2D eigenvalue weighted by Gasteiger charge is -2.18. The Kier molecular flexibility index (Phi) is 10.1. The highest BCUT2D eigenvalue weighted by Gasteiger charge is 2.22. The number of carbonyl (C=O) groups is 2. The van der Waals surface area contributed by atoms with Gasteiger partial charge in [0.15, 0.2) is 5.13 Å². The number of rotatable bonds is 11. The number of nitrogens with zero attached hydrogens (tertiary/aromatic N) is 1. The van der Waals surface area contributed by atoms with Gasteiger partial charge in [-0.2, -0.15) is 0 Å². The van der Waals surface area contributed by atoms with Gasteiger partial charge < -0.3 is 14.6 Å². The predicted molar refractivity (Wildman–Crippen MR) is 148 cm³/mol. The van der Waals surface area contributed by atoms with E-state index in [4.69, 9.17) is 14.6 Å². The molecule has 0 aliphatic carbocycles. The molecule has 3 aromatic rings. The zero-order valence-corrected chi connectivity index (χ0v) is 23.7. The van der Waals surface area contributed by atoms with Gasteiger partial charge in [0.2, 0.25) is 5.06 Å². The molecule has 1 amide bonds. The number of nitrogens with one attached hydrogen (secondary N) is 1. The van der Waals surface area contributed by atoms with E-state index in [9.17, 15) is 18.4 Å². The molecule has 0 unspecified atom stereocenters. The molecule has 0 bridgehead atoms. The number of benzene rings is 2. The minimum atomic E-state index is -1.33. The highest BCUT2D eigenvalue weighted by atomic mass is 32.1. The number of carboxylic acid groups (broad SMARTS) is 1. The van der Waals surface area contributed by atoms with Gasteiger partial charge in [0.1, 0.15) is 23.1 Å². The van der Waals surface area contributed by atoms with Crippen molar-refractivity contribution in [2.45, 2.75) is 40.5 Å². The Morgan fingerprint density at radius 3 is 2.42 bits per heavy atom. The van der Waals surface area contributed by atoms with Crippen molar-refractivity contribution < 1.29 is 37.3 Å². The summed E-state index contributed by atoms with van der Waals surface area (Å²) in [5.74, 6) is -4.88. The number of ether oxygens (including phenoxy) is 2. The van der Waals surface area contributed by atoms with E-state index in [-0.39, 0.29) is 38.0 Å². The number of aliphatic carboxylic acids is 1. The summed E-state index contributed by atoms with van der Waals surface area (Å²) in [6, 6.07) is 6.52. The summed E-state index contributed by atoms with van der Waals surface area (Å²) in [6.45, 7) is 8.51. The smallest absolute Gasteiger partial charge is 0.331 e. The molecule has 0 radical (unpaired) electrons. The molecule has 2 aromatic carbocycles. The van der Waals surface area contributed by atoms with Gasteiger partial charge >= 0.3 is 5.97 Å². The van der Waals surface area contributed by atoms with Crippen LogP contribution >= 0.6 is 11.3 Å². The number of methoxy groups -OCH3 is 1. The Hall–Kier alpha value is -3.70. The lowest BCUT2D eigenvalue weighted by molar-refractivity contribution is -0.132. The molecule has 1 aromatic heterocycles. The van der Waals surface area contributed by atoms with Gasteiger partial charge in [-0.05, 0) is 55.0 Å². The van der Waals surface area contributed by atoms with Gasteiger partial charge in [0, 0.05) is 28.9 Å². The number of halogens is 3. The first-order valence-electron chi connectivity index (χ1n) is 12.4. The minimum Gasteiger partial charge on any atom is -0.486 e. The van der Waals surface area contributed by atoms with Crippen molar-refractivity contribution in [3.63, 3.8) is 0 Å². The van der Waals surface area contributed by atoms with Crippen LogP contribution in [-0.2, 0) is 16.0 Å². The van der Waals surface area contributed by atoms with Gasteiger partial charge in [-0.1, -0.05) is 44.2 Å². The summed E-state index contributed by atoms with van der Waals surface area (Å²) >= 11 is 0.928. The summed E-state index contributed by atoms with van der Waals surface area (Å²) in [4.78, 5) is 28.0. The quantitative estimate of drug-likeness (QED) is 0.189. The van der Waals surface area contributed by atoms with Crippen LogP contribution in [0, 0.1) is 22.9 Å². The molecule has 2 N–H and O–H groups in total. The second-order valence-electron chi connectivity index (χ2n) is 10.3. The van der Waals surface area contributed by atoms with Crippen molar-refractivity contribution in [1.82, 2.24) is 4.98 Å².